The van der Waals surface area contributed by atoms with Crippen LogP contribution in [-0.2, 0) is 19.6 Å². The normalized spacial score (nSPS) is 16.2. The standard InChI is InChI=1S/C16H33N5O4S.HI/c1-5-17-15(22)13-19-16(18-6-2)20-7-9-21(10-8-20)26(23,24)12-11-25-14(3)4;/h14H,5-13H2,1-4H3,(H,17,22)(H,18,19);1H. The minimum Gasteiger partial charge on any atom is -0.378 e. The zero-order chi connectivity index (χ0) is 19.6. The number of guanidine groups is 1. The molecule has 1 amide bonds. The third kappa shape index (κ3) is 9.90. The number of halogens is 1. The van der Waals surface area contributed by atoms with Crippen molar-refractivity contribution in [1.29, 1.82) is 0 Å². The first-order valence-electron chi connectivity index (χ1n) is 9.19. The maximum Gasteiger partial charge on any atom is 0.241 e. The zero-order valence-electron chi connectivity index (χ0n) is 16.7. The van der Waals surface area contributed by atoms with Gasteiger partial charge in [-0.2, -0.15) is 4.31 Å². The Kier molecular flexibility index (Phi) is 13.2. The molecule has 0 spiro atoms. The highest BCUT2D eigenvalue weighted by atomic mass is 127. The molecule has 2 N–H and O–H groups in total. The highest BCUT2D eigenvalue weighted by Gasteiger charge is 2.28. The Balaban J connectivity index is 0.00000676. The second kappa shape index (κ2) is 13.5. The van der Waals surface area contributed by atoms with Gasteiger partial charge in [0.2, 0.25) is 15.9 Å². The van der Waals surface area contributed by atoms with Crippen LogP contribution in [0.4, 0.5) is 0 Å². The number of ether oxygens (including phenoxy) is 1. The van der Waals surface area contributed by atoms with Gasteiger partial charge in [0.15, 0.2) is 5.96 Å². The Labute approximate surface area is 180 Å². The lowest BCUT2D eigenvalue weighted by atomic mass is 10.4. The van der Waals surface area contributed by atoms with Crippen LogP contribution in [0, 0.1) is 0 Å². The highest BCUT2D eigenvalue weighted by Crippen LogP contribution is 2.09. The third-order valence-corrected chi connectivity index (χ3v) is 5.64. The average Bonchev–Trinajstić information content (AvgIpc) is 2.58. The fraction of sp³-hybridized carbons (Fsp3) is 0.875. The SMILES string of the molecule is CCNC(=O)CN=C(NCC)N1CCN(S(=O)(=O)CCOC(C)C)CC1.I. The van der Waals surface area contributed by atoms with Gasteiger partial charge < -0.3 is 20.3 Å². The molecule has 0 bridgehead atoms. The van der Waals surface area contributed by atoms with E-state index in [1.807, 2.05) is 32.6 Å². The summed E-state index contributed by atoms with van der Waals surface area (Å²) in [6.07, 6.45) is 0.0193. The monoisotopic (exact) mass is 519 g/mol. The summed E-state index contributed by atoms with van der Waals surface area (Å²) in [6.45, 7) is 11.0. The van der Waals surface area contributed by atoms with Gasteiger partial charge in [0.25, 0.3) is 0 Å². The minimum absolute atomic E-state index is 0. The van der Waals surface area contributed by atoms with Gasteiger partial charge in [0, 0.05) is 39.3 Å². The summed E-state index contributed by atoms with van der Waals surface area (Å²) in [5.74, 6) is 0.504. The van der Waals surface area contributed by atoms with Crippen LogP contribution < -0.4 is 10.6 Å². The minimum atomic E-state index is -3.32. The maximum atomic E-state index is 12.4. The van der Waals surface area contributed by atoms with E-state index in [2.05, 4.69) is 15.6 Å². The van der Waals surface area contributed by atoms with Gasteiger partial charge in [0.1, 0.15) is 6.54 Å². The molecule has 0 unspecified atom stereocenters. The number of nitrogens with one attached hydrogen (secondary N) is 2. The zero-order valence-corrected chi connectivity index (χ0v) is 19.9. The van der Waals surface area contributed by atoms with E-state index in [1.54, 1.807) is 0 Å². The first-order valence-corrected chi connectivity index (χ1v) is 10.8. The molecule has 0 saturated carbocycles. The first-order chi connectivity index (χ1) is 12.3. The highest BCUT2D eigenvalue weighted by molar-refractivity contribution is 14.0. The molecule has 0 atom stereocenters. The summed E-state index contributed by atoms with van der Waals surface area (Å²) in [5, 5.41) is 5.87. The van der Waals surface area contributed by atoms with Crippen LogP contribution in [-0.4, -0.2) is 93.8 Å². The Morgan fingerprint density at radius 3 is 2.22 bits per heavy atom. The molecule has 160 valence electrons. The summed E-state index contributed by atoms with van der Waals surface area (Å²) in [6, 6.07) is 0. The molecular formula is C16H34IN5O4S. The lowest BCUT2D eigenvalue weighted by Gasteiger charge is -2.35. The predicted molar refractivity (Wildman–Crippen MR) is 118 cm³/mol. The number of aliphatic imine (C=N–C) groups is 1. The Morgan fingerprint density at radius 2 is 1.70 bits per heavy atom. The summed E-state index contributed by atoms with van der Waals surface area (Å²) >= 11 is 0. The molecule has 27 heavy (non-hydrogen) atoms. The van der Waals surface area contributed by atoms with Crippen LogP contribution in [0.25, 0.3) is 0 Å². The molecule has 0 aromatic carbocycles. The maximum absolute atomic E-state index is 12.4. The van der Waals surface area contributed by atoms with E-state index in [-0.39, 0.29) is 54.9 Å². The Morgan fingerprint density at radius 1 is 1.11 bits per heavy atom. The van der Waals surface area contributed by atoms with E-state index in [9.17, 15) is 13.2 Å². The molecule has 1 aliphatic rings. The molecule has 0 aliphatic carbocycles. The molecule has 11 heteroatoms. The third-order valence-electron chi connectivity index (χ3n) is 3.81. The van der Waals surface area contributed by atoms with E-state index in [1.165, 1.54) is 4.31 Å². The molecule has 1 saturated heterocycles. The van der Waals surface area contributed by atoms with E-state index < -0.39 is 10.0 Å². The molecule has 9 nitrogen and oxygen atoms in total. The molecule has 1 aliphatic heterocycles. The molecular weight excluding hydrogens is 485 g/mol. The summed E-state index contributed by atoms with van der Waals surface area (Å²) < 4.78 is 31.6. The molecule has 0 aromatic heterocycles. The molecule has 0 aromatic rings. The van der Waals surface area contributed by atoms with Crippen molar-refractivity contribution in [1.82, 2.24) is 19.8 Å². The van der Waals surface area contributed by atoms with E-state index in [4.69, 9.17) is 4.74 Å². The number of sulfonamides is 1. The molecule has 1 heterocycles. The number of nitrogens with zero attached hydrogens (tertiary/aromatic N) is 3. The molecule has 1 rings (SSSR count). The summed E-state index contributed by atoms with van der Waals surface area (Å²) in [7, 11) is -3.32. The van der Waals surface area contributed by atoms with Gasteiger partial charge in [-0.3, -0.25) is 4.79 Å². The predicted octanol–water partition coefficient (Wildman–Crippen LogP) is 0.0784. The number of hydrogen-bond acceptors (Lipinski definition) is 5. The van der Waals surface area contributed by atoms with Crippen molar-refractivity contribution in [2.45, 2.75) is 33.8 Å². The topological polar surface area (TPSA) is 103 Å². The number of piperazine rings is 1. The largest absolute Gasteiger partial charge is 0.378 e. The number of rotatable bonds is 9. The van der Waals surface area contributed by atoms with E-state index in [0.717, 1.165) is 0 Å². The Bertz CT molecular complexity index is 563. The summed E-state index contributed by atoms with van der Waals surface area (Å²) in [4.78, 5) is 17.9. The lowest BCUT2D eigenvalue weighted by molar-refractivity contribution is -0.119. The fourth-order valence-corrected chi connectivity index (χ4v) is 3.81. The molecule has 1 fully saturated rings. The number of hydrogen-bond donors (Lipinski definition) is 2. The van der Waals surface area contributed by atoms with Crippen molar-refractivity contribution in [3.63, 3.8) is 0 Å². The average molecular weight is 519 g/mol. The van der Waals surface area contributed by atoms with Gasteiger partial charge in [-0.1, -0.05) is 0 Å². The first kappa shape index (κ1) is 26.3. The van der Waals surface area contributed by atoms with Crippen molar-refractivity contribution in [3.8, 4) is 0 Å². The number of likely N-dealkylation sites (N-methyl/N-ethyl adjacent to an activating group) is 1. The number of carbonyl (C=O) groups excluding carboxylic acids is 1. The summed E-state index contributed by atoms with van der Waals surface area (Å²) in [5.41, 5.74) is 0. The van der Waals surface area contributed by atoms with Crippen molar-refractivity contribution >= 4 is 45.9 Å². The smallest absolute Gasteiger partial charge is 0.241 e. The lowest BCUT2D eigenvalue weighted by Crippen LogP contribution is -2.54. The van der Waals surface area contributed by atoms with Gasteiger partial charge >= 0.3 is 0 Å². The Hall–Kier alpha value is -0.660. The number of amides is 1. The van der Waals surface area contributed by atoms with Crippen molar-refractivity contribution in [3.05, 3.63) is 0 Å². The van der Waals surface area contributed by atoms with Crippen LogP contribution in [0.15, 0.2) is 4.99 Å². The van der Waals surface area contributed by atoms with E-state index in [0.29, 0.717) is 45.2 Å². The van der Waals surface area contributed by atoms with Crippen molar-refractivity contribution in [2.24, 2.45) is 4.99 Å². The van der Waals surface area contributed by atoms with Crippen molar-refractivity contribution < 1.29 is 17.9 Å². The fourth-order valence-electron chi connectivity index (χ4n) is 2.52. The van der Waals surface area contributed by atoms with Gasteiger partial charge in [0.05, 0.1) is 18.5 Å². The van der Waals surface area contributed by atoms with Crippen molar-refractivity contribution in [2.75, 3.05) is 58.2 Å². The second-order valence-corrected chi connectivity index (χ2v) is 8.33. The van der Waals surface area contributed by atoms with Crippen LogP contribution in [0.2, 0.25) is 0 Å². The van der Waals surface area contributed by atoms with Crippen LogP contribution in [0.3, 0.4) is 0 Å². The van der Waals surface area contributed by atoms with Gasteiger partial charge in [-0.15, -0.1) is 24.0 Å². The number of carbonyl (C=O) groups is 1. The van der Waals surface area contributed by atoms with E-state index >= 15 is 0 Å². The van der Waals surface area contributed by atoms with Gasteiger partial charge in [-0.05, 0) is 27.7 Å². The van der Waals surface area contributed by atoms with Crippen LogP contribution in [0.5, 0.6) is 0 Å². The quantitative estimate of drug-likeness (QED) is 0.254. The van der Waals surface area contributed by atoms with Crippen LogP contribution >= 0.6 is 24.0 Å². The van der Waals surface area contributed by atoms with Crippen LogP contribution in [0.1, 0.15) is 27.7 Å². The van der Waals surface area contributed by atoms with Gasteiger partial charge in [-0.25, -0.2) is 13.4 Å². The second-order valence-electron chi connectivity index (χ2n) is 6.25. The molecule has 0 radical (unpaired) electrons.